The fourth-order valence-corrected chi connectivity index (χ4v) is 3.23. The van der Waals surface area contributed by atoms with E-state index in [4.69, 9.17) is 10.5 Å². The van der Waals surface area contributed by atoms with Crippen molar-refractivity contribution in [2.24, 2.45) is 0 Å². The van der Waals surface area contributed by atoms with Gasteiger partial charge in [0.2, 0.25) is 0 Å². The summed E-state index contributed by atoms with van der Waals surface area (Å²) in [4.78, 5) is 16.1. The Hall–Kier alpha value is -1.34. The zero-order chi connectivity index (χ0) is 14.0. The predicted octanol–water partition coefficient (Wildman–Crippen LogP) is 1.04. The van der Waals surface area contributed by atoms with Crippen LogP contribution >= 0.6 is 11.5 Å². The fraction of sp³-hybridized carbons (Fsp3) is 0.667. The molecule has 0 saturated carbocycles. The minimum atomic E-state index is -0.423. The maximum absolute atomic E-state index is 11.7. The number of carbonyl (C=O) groups excluding carboxylic acids is 1. The van der Waals surface area contributed by atoms with Crippen molar-refractivity contribution in [3.8, 4) is 0 Å². The van der Waals surface area contributed by atoms with Crippen molar-refractivity contribution >= 4 is 28.3 Å². The average Bonchev–Trinajstić information content (AvgIpc) is 2.95. The van der Waals surface area contributed by atoms with E-state index in [1.807, 2.05) is 11.9 Å². The number of rotatable bonds is 4. The van der Waals surface area contributed by atoms with Gasteiger partial charge in [-0.3, -0.25) is 0 Å². The third-order valence-corrected chi connectivity index (χ3v) is 4.57. The summed E-state index contributed by atoms with van der Waals surface area (Å²) in [6.07, 6.45) is 2.41. The number of hydrogen-bond donors (Lipinski definition) is 1. The molecule has 2 N–H and O–H groups in total. The smallest absolute Gasteiger partial charge is 0.344 e. The molecule has 7 heteroatoms. The SMILES string of the molecule is COC(=O)c1c(N)nsc1N(C)CC1CCCN1C. The van der Waals surface area contributed by atoms with Crippen LogP contribution in [0.15, 0.2) is 0 Å². The predicted molar refractivity (Wildman–Crippen MR) is 76.8 cm³/mol. The summed E-state index contributed by atoms with van der Waals surface area (Å²) < 4.78 is 8.83. The summed E-state index contributed by atoms with van der Waals surface area (Å²) in [5.74, 6) is -0.175. The number of likely N-dealkylation sites (N-methyl/N-ethyl adjacent to an activating group) is 2. The largest absolute Gasteiger partial charge is 0.465 e. The fourth-order valence-electron chi connectivity index (χ4n) is 2.46. The van der Waals surface area contributed by atoms with Crippen LogP contribution in [-0.4, -0.2) is 55.6 Å². The lowest BCUT2D eigenvalue weighted by Gasteiger charge is -2.26. The number of ether oxygens (including phenoxy) is 1. The highest BCUT2D eigenvalue weighted by Gasteiger charge is 2.27. The van der Waals surface area contributed by atoms with Gasteiger partial charge in [0.1, 0.15) is 10.6 Å². The molecular formula is C12H20N4O2S. The van der Waals surface area contributed by atoms with E-state index in [2.05, 4.69) is 16.3 Å². The summed E-state index contributed by atoms with van der Waals surface area (Å²) in [6, 6.07) is 0.513. The summed E-state index contributed by atoms with van der Waals surface area (Å²) in [5.41, 5.74) is 6.14. The molecule has 2 heterocycles. The average molecular weight is 284 g/mol. The van der Waals surface area contributed by atoms with Gasteiger partial charge in [-0.1, -0.05) is 0 Å². The van der Waals surface area contributed by atoms with Crippen molar-refractivity contribution < 1.29 is 9.53 Å². The molecular weight excluding hydrogens is 264 g/mol. The number of carbonyl (C=O) groups is 1. The molecule has 1 aromatic heterocycles. The number of nitrogens with zero attached hydrogens (tertiary/aromatic N) is 3. The van der Waals surface area contributed by atoms with Crippen LogP contribution in [0.1, 0.15) is 23.2 Å². The van der Waals surface area contributed by atoms with Crippen LogP contribution in [-0.2, 0) is 4.74 Å². The number of hydrogen-bond acceptors (Lipinski definition) is 7. The molecule has 1 aromatic rings. The van der Waals surface area contributed by atoms with Gasteiger partial charge in [-0.15, -0.1) is 0 Å². The number of methoxy groups -OCH3 is 1. The molecule has 6 nitrogen and oxygen atoms in total. The van der Waals surface area contributed by atoms with Gasteiger partial charge in [-0.25, -0.2) is 4.79 Å². The van der Waals surface area contributed by atoms with Crippen LogP contribution in [0.3, 0.4) is 0 Å². The highest BCUT2D eigenvalue weighted by molar-refractivity contribution is 7.11. The molecule has 19 heavy (non-hydrogen) atoms. The number of nitrogen functional groups attached to an aromatic ring is 1. The maximum Gasteiger partial charge on any atom is 0.344 e. The van der Waals surface area contributed by atoms with E-state index in [-0.39, 0.29) is 5.82 Å². The van der Waals surface area contributed by atoms with E-state index in [0.29, 0.717) is 11.6 Å². The van der Waals surface area contributed by atoms with Crippen molar-refractivity contribution in [2.75, 3.05) is 44.9 Å². The van der Waals surface area contributed by atoms with Gasteiger partial charge >= 0.3 is 5.97 Å². The minimum Gasteiger partial charge on any atom is -0.465 e. The standard InChI is InChI=1S/C12H20N4O2S/c1-15-6-4-5-8(15)7-16(2)11-9(12(17)18-3)10(13)14-19-11/h8H,4-7H2,1-3H3,(H2,13,14). The third kappa shape index (κ3) is 2.82. The first-order valence-corrected chi connectivity index (χ1v) is 7.06. The second kappa shape index (κ2) is 5.75. The molecule has 2 rings (SSSR count). The topological polar surface area (TPSA) is 71.7 Å². The number of likely N-dealkylation sites (tertiary alicyclic amines) is 1. The monoisotopic (exact) mass is 284 g/mol. The molecule has 1 aliphatic rings. The van der Waals surface area contributed by atoms with E-state index in [1.165, 1.54) is 31.5 Å². The summed E-state index contributed by atoms with van der Waals surface area (Å²) in [5, 5.41) is 0.782. The molecule has 1 fully saturated rings. The maximum atomic E-state index is 11.7. The molecule has 0 radical (unpaired) electrons. The molecule has 0 aromatic carbocycles. The van der Waals surface area contributed by atoms with Crippen LogP contribution in [0.25, 0.3) is 0 Å². The van der Waals surface area contributed by atoms with Gasteiger partial charge in [0, 0.05) is 19.6 Å². The Labute approximate surface area is 117 Å². The zero-order valence-corrected chi connectivity index (χ0v) is 12.4. The number of anilines is 2. The first-order valence-electron chi connectivity index (χ1n) is 6.29. The minimum absolute atomic E-state index is 0.249. The number of aromatic nitrogens is 1. The van der Waals surface area contributed by atoms with Crippen molar-refractivity contribution in [3.05, 3.63) is 5.56 Å². The van der Waals surface area contributed by atoms with Crippen LogP contribution in [0.5, 0.6) is 0 Å². The second-order valence-electron chi connectivity index (χ2n) is 4.90. The van der Waals surface area contributed by atoms with Crippen molar-refractivity contribution in [2.45, 2.75) is 18.9 Å². The van der Waals surface area contributed by atoms with Crippen LogP contribution in [0, 0.1) is 0 Å². The van der Waals surface area contributed by atoms with Gasteiger partial charge in [-0.05, 0) is 38.0 Å². The lowest BCUT2D eigenvalue weighted by molar-refractivity contribution is 0.0603. The van der Waals surface area contributed by atoms with Crippen molar-refractivity contribution in [1.29, 1.82) is 0 Å². The Morgan fingerprint density at radius 2 is 2.42 bits per heavy atom. The molecule has 0 amide bonds. The van der Waals surface area contributed by atoms with Gasteiger partial charge in [0.25, 0.3) is 0 Å². The number of nitrogens with two attached hydrogens (primary N) is 1. The second-order valence-corrected chi connectivity index (χ2v) is 5.65. The van der Waals surface area contributed by atoms with Crippen LogP contribution < -0.4 is 10.6 Å². The van der Waals surface area contributed by atoms with Crippen LogP contribution in [0.4, 0.5) is 10.8 Å². The quantitative estimate of drug-likeness (QED) is 0.833. The normalized spacial score (nSPS) is 19.6. The van der Waals surface area contributed by atoms with E-state index in [9.17, 15) is 4.79 Å². The summed E-state index contributed by atoms with van der Waals surface area (Å²) in [7, 11) is 5.45. The Bertz CT molecular complexity index is 463. The van der Waals surface area contributed by atoms with E-state index in [0.717, 1.165) is 18.1 Å². The summed E-state index contributed by atoms with van der Waals surface area (Å²) in [6.45, 7) is 2.00. The molecule has 1 aliphatic heterocycles. The Kier molecular flexibility index (Phi) is 4.26. The lowest BCUT2D eigenvalue weighted by atomic mass is 10.2. The molecule has 1 saturated heterocycles. The van der Waals surface area contributed by atoms with Crippen LogP contribution in [0.2, 0.25) is 0 Å². The summed E-state index contributed by atoms with van der Waals surface area (Å²) >= 11 is 1.24. The molecule has 0 aliphatic carbocycles. The zero-order valence-electron chi connectivity index (χ0n) is 11.5. The molecule has 0 bridgehead atoms. The van der Waals surface area contributed by atoms with Gasteiger partial charge in [0.05, 0.1) is 7.11 Å². The Morgan fingerprint density at radius 3 is 3.00 bits per heavy atom. The van der Waals surface area contributed by atoms with Gasteiger partial charge < -0.3 is 20.3 Å². The van der Waals surface area contributed by atoms with E-state index in [1.54, 1.807) is 0 Å². The van der Waals surface area contributed by atoms with Gasteiger partial charge in [-0.2, -0.15) is 4.37 Å². The Morgan fingerprint density at radius 1 is 1.68 bits per heavy atom. The van der Waals surface area contributed by atoms with E-state index < -0.39 is 5.97 Å². The molecule has 1 atom stereocenters. The van der Waals surface area contributed by atoms with Gasteiger partial charge in [0.15, 0.2) is 5.82 Å². The highest BCUT2D eigenvalue weighted by Crippen LogP contribution is 2.31. The molecule has 1 unspecified atom stereocenters. The Balaban J connectivity index is 2.15. The first kappa shape index (κ1) is 14.1. The third-order valence-electron chi connectivity index (χ3n) is 3.59. The van der Waals surface area contributed by atoms with E-state index >= 15 is 0 Å². The first-order chi connectivity index (χ1) is 9.04. The van der Waals surface area contributed by atoms with Crippen molar-refractivity contribution in [1.82, 2.24) is 9.27 Å². The number of esters is 1. The van der Waals surface area contributed by atoms with Crippen molar-refractivity contribution in [3.63, 3.8) is 0 Å². The molecule has 0 spiro atoms. The lowest BCUT2D eigenvalue weighted by Crippen LogP contribution is -2.36. The highest BCUT2D eigenvalue weighted by atomic mass is 32.1. The molecule has 106 valence electrons.